The number of carboxylic acids is 1. The summed E-state index contributed by atoms with van der Waals surface area (Å²) in [4.78, 5) is 82.5. The smallest absolute Gasteiger partial charge is 0.305 e. The summed E-state index contributed by atoms with van der Waals surface area (Å²) in [6, 6.07) is 19.1. The summed E-state index contributed by atoms with van der Waals surface area (Å²) < 4.78 is 27.7. The lowest BCUT2D eigenvalue weighted by Crippen LogP contribution is -2.54. The molecule has 0 aliphatic heterocycles. The molecule has 0 unspecified atom stereocenters. The number of nitrogens with zero attached hydrogens (tertiary/aromatic N) is 1. The first-order chi connectivity index (χ1) is 36.6. The van der Waals surface area contributed by atoms with E-state index in [-0.39, 0.29) is 56.7 Å². The van der Waals surface area contributed by atoms with Crippen molar-refractivity contribution in [3.05, 3.63) is 95.7 Å². The van der Waals surface area contributed by atoms with Gasteiger partial charge in [0.05, 0.1) is 78.5 Å². The van der Waals surface area contributed by atoms with Gasteiger partial charge < -0.3 is 60.7 Å². The van der Waals surface area contributed by atoms with Crippen molar-refractivity contribution in [2.24, 2.45) is 11.8 Å². The minimum absolute atomic E-state index is 0.0841. The number of rotatable bonds is 38. The fourth-order valence-electron chi connectivity index (χ4n) is 7.92. The first-order valence-electron chi connectivity index (χ1n) is 26.5. The van der Waals surface area contributed by atoms with Gasteiger partial charge in [0.25, 0.3) is 5.91 Å². The SMILES string of the molecule is CC[C@H](NC(=O)c1ccc(-c2ccc([C@H](CC(=O)O)NC(=O)CNC(=O)CCCNc3cc(C)ccn3)cc2)c2ccccc12)C(=O)N[C@@H](CC(C)C)C(=O)NCCOCCOCCOCCOCCOCCC(C)C. The first kappa shape index (κ1) is 62.0. The zero-order chi connectivity index (χ0) is 55.1. The molecule has 4 aromatic rings. The van der Waals surface area contributed by atoms with Gasteiger partial charge >= 0.3 is 5.97 Å². The highest BCUT2D eigenvalue weighted by atomic mass is 16.6. The number of amides is 5. The molecule has 0 fully saturated rings. The predicted molar refractivity (Wildman–Crippen MR) is 292 cm³/mol. The summed E-state index contributed by atoms with van der Waals surface area (Å²) in [5.41, 5.74) is 3.53. The molecule has 0 bridgehead atoms. The fourth-order valence-corrected chi connectivity index (χ4v) is 7.92. The number of nitrogens with one attached hydrogen (secondary N) is 6. The molecule has 0 saturated carbocycles. The van der Waals surface area contributed by atoms with Crippen molar-refractivity contribution in [1.82, 2.24) is 31.6 Å². The fraction of sp³-hybridized carbons (Fsp3) is 0.526. The van der Waals surface area contributed by atoms with Crippen LogP contribution in [0.2, 0.25) is 0 Å². The molecule has 3 atom stereocenters. The van der Waals surface area contributed by atoms with E-state index < -0.39 is 41.8 Å². The number of carbonyl (C=O) groups excluding carboxylic acids is 5. The Morgan fingerprint density at radius 1 is 0.632 bits per heavy atom. The summed E-state index contributed by atoms with van der Waals surface area (Å²) in [5, 5.41) is 28.2. The third-order valence-corrected chi connectivity index (χ3v) is 12.0. The van der Waals surface area contributed by atoms with E-state index in [0.29, 0.717) is 100 Å². The Hall–Kier alpha value is -6.51. The topological polar surface area (TPSA) is 254 Å². The Balaban J connectivity index is 1.23. The van der Waals surface area contributed by atoms with Gasteiger partial charge in [0, 0.05) is 37.9 Å². The number of carbonyl (C=O) groups is 6. The molecular formula is C57H81N7O12. The molecule has 1 aromatic heterocycles. The van der Waals surface area contributed by atoms with Crippen molar-refractivity contribution < 1.29 is 57.6 Å². The van der Waals surface area contributed by atoms with Gasteiger partial charge in [-0.1, -0.05) is 89.2 Å². The molecule has 0 aliphatic carbocycles. The number of pyridine rings is 1. The van der Waals surface area contributed by atoms with Crippen LogP contribution in [0.1, 0.15) is 101 Å². The number of hydrogen-bond donors (Lipinski definition) is 7. The summed E-state index contributed by atoms with van der Waals surface area (Å²) in [6.45, 7) is 17.1. The quantitative estimate of drug-likeness (QED) is 0.0249. The summed E-state index contributed by atoms with van der Waals surface area (Å²) >= 11 is 0. The van der Waals surface area contributed by atoms with Crippen LogP contribution in [0.25, 0.3) is 21.9 Å². The van der Waals surface area contributed by atoms with Crippen LogP contribution in [-0.4, -0.2) is 143 Å². The summed E-state index contributed by atoms with van der Waals surface area (Å²) in [6.07, 6.45) is 3.71. The van der Waals surface area contributed by atoms with Gasteiger partial charge in [-0.15, -0.1) is 0 Å². The highest BCUT2D eigenvalue weighted by Gasteiger charge is 2.28. The molecule has 76 heavy (non-hydrogen) atoms. The lowest BCUT2D eigenvalue weighted by molar-refractivity contribution is -0.138. The zero-order valence-electron chi connectivity index (χ0n) is 45.2. The average Bonchev–Trinajstić information content (AvgIpc) is 3.40. The molecule has 4 rings (SSSR count). The van der Waals surface area contributed by atoms with E-state index in [1.54, 1.807) is 31.3 Å². The number of anilines is 1. The molecule has 0 radical (unpaired) electrons. The van der Waals surface area contributed by atoms with Crippen LogP contribution in [0, 0.1) is 18.8 Å². The van der Waals surface area contributed by atoms with Crippen LogP contribution < -0.4 is 31.9 Å². The molecule has 416 valence electrons. The van der Waals surface area contributed by atoms with E-state index >= 15 is 0 Å². The van der Waals surface area contributed by atoms with Gasteiger partial charge in [-0.05, 0) is 95.7 Å². The van der Waals surface area contributed by atoms with Crippen molar-refractivity contribution in [1.29, 1.82) is 0 Å². The predicted octanol–water partition coefficient (Wildman–Crippen LogP) is 6.14. The highest BCUT2D eigenvalue weighted by Crippen LogP contribution is 2.32. The second-order valence-corrected chi connectivity index (χ2v) is 19.2. The van der Waals surface area contributed by atoms with Gasteiger partial charge in [-0.3, -0.25) is 28.8 Å². The maximum atomic E-state index is 14.0. The molecule has 7 N–H and O–H groups in total. The minimum atomic E-state index is -1.11. The van der Waals surface area contributed by atoms with Gasteiger partial charge in [-0.25, -0.2) is 4.98 Å². The maximum absolute atomic E-state index is 14.0. The van der Waals surface area contributed by atoms with Crippen molar-refractivity contribution in [2.45, 2.75) is 98.2 Å². The van der Waals surface area contributed by atoms with E-state index in [1.165, 1.54) is 0 Å². The van der Waals surface area contributed by atoms with E-state index in [0.717, 1.165) is 35.1 Å². The van der Waals surface area contributed by atoms with E-state index in [2.05, 4.69) is 50.7 Å². The lowest BCUT2D eigenvalue weighted by Gasteiger charge is -2.24. The summed E-state index contributed by atoms with van der Waals surface area (Å²) in [5.74, 6) is -1.83. The number of ether oxygens (including phenoxy) is 5. The number of carboxylic acid groups (broad SMARTS) is 1. The number of benzene rings is 3. The molecular weight excluding hydrogens is 975 g/mol. The number of hydrogen-bond acceptors (Lipinski definition) is 13. The second kappa shape index (κ2) is 34.9. The van der Waals surface area contributed by atoms with E-state index in [1.807, 2.05) is 75.4 Å². The van der Waals surface area contributed by atoms with Crippen LogP contribution in [0.5, 0.6) is 0 Å². The van der Waals surface area contributed by atoms with Crippen LogP contribution in [0.3, 0.4) is 0 Å². The van der Waals surface area contributed by atoms with Crippen molar-refractivity contribution in [2.75, 3.05) is 91.0 Å². The number of aromatic nitrogens is 1. The molecule has 19 heteroatoms. The molecule has 1 heterocycles. The maximum Gasteiger partial charge on any atom is 0.305 e. The normalized spacial score (nSPS) is 12.5. The molecule has 0 saturated heterocycles. The third kappa shape index (κ3) is 23.6. The average molecular weight is 1060 g/mol. The first-order valence-corrected chi connectivity index (χ1v) is 26.5. The molecule has 19 nitrogen and oxygen atoms in total. The second-order valence-electron chi connectivity index (χ2n) is 19.2. The zero-order valence-corrected chi connectivity index (χ0v) is 45.2. The summed E-state index contributed by atoms with van der Waals surface area (Å²) in [7, 11) is 0. The van der Waals surface area contributed by atoms with Crippen molar-refractivity contribution in [3.8, 4) is 11.1 Å². The van der Waals surface area contributed by atoms with Crippen LogP contribution in [0.4, 0.5) is 5.82 Å². The Morgan fingerprint density at radius 2 is 1.26 bits per heavy atom. The van der Waals surface area contributed by atoms with Gasteiger partial charge in [0.15, 0.2) is 0 Å². The van der Waals surface area contributed by atoms with Gasteiger partial charge in [-0.2, -0.15) is 0 Å². The minimum Gasteiger partial charge on any atom is -0.481 e. The monoisotopic (exact) mass is 1060 g/mol. The molecule has 0 spiro atoms. The van der Waals surface area contributed by atoms with Crippen LogP contribution in [-0.2, 0) is 47.7 Å². The Morgan fingerprint density at radius 3 is 1.87 bits per heavy atom. The largest absolute Gasteiger partial charge is 0.481 e. The number of aliphatic carboxylic acids is 1. The third-order valence-electron chi connectivity index (χ3n) is 12.0. The Labute approximate surface area is 447 Å². The highest BCUT2D eigenvalue weighted by molar-refractivity contribution is 6.11. The van der Waals surface area contributed by atoms with Crippen molar-refractivity contribution in [3.63, 3.8) is 0 Å². The van der Waals surface area contributed by atoms with E-state index in [4.69, 9.17) is 23.7 Å². The van der Waals surface area contributed by atoms with Gasteiger partial charge in [0.1, 0.15) is 17.9 Å². The van der Waals surface area contributed by atoms with E-state index in [9.17, 15) is 33.9 Å². The Kier molecular flexibility index (Phi) is 28.5. The number of aryl methyl sites for hydroxylation is 1. The lowest BCUT2D eigenvalue weighted by atomic mass is 9.93. The van der Waals surface area contributed by atoms with Crippen LogP contribution >= 0.6 is 0 Å². The standard InChI is InChI=1S/C57H81N7O12/c1-7-48(57(71)64-50(35-40(4)5)56(70)60-24-26-73-28-30-75-32-34-76-33-31-74-29-27-72-25-21-39(2)3)63-55(69)47-19-18-44(45-11-8-9-12-46(45)47)42-14-16-43(17-15-42)49(37-54(67)68)62-53(66)38-61-52(65)13-10-22-58-51-36-41(6)20-23-59-51/h8-9,11-12,14-20,23,36,39-40,48-50H,7,10,13,21-22,24-35,37-38H2,1-6H3,(H,58,59)(H,60,70)(H,61,65)(H,62,66)(H,63,69)(H,64,71)(H,67,68)/t48-,49-,50-/m0/s1. The van der Waals surface area contributed by atoms with Gasteiger partial charge in [0.2, 0.25) is 23.6 Å². The number of fused-ring (bicyclic) bond motifs is 1. The Bertz CT molecular complexity index is 2420. The molecule has 5 amide bonds. The molecule has 0 aliphatic rings. The molecule has 3 aromatic carbocycles. The van der Waals surface area contributed by atoms with Crippen molar-refractivity contribution >= 4 is 52.1 Å². The van der Waals surface area contributed by atoms with Crippen LogP contribution in [0.15, 0.2) is 79.0 Å².